The van der Waals surface area contributed by atoms with Gasteiger partial charge in [0.2, 0.25) is 0 Å². The Morgan fingerprint density at radius 3 is 2.00 bits per heavy atom. The van der Waals surface area contributed by atoms with Gasteiger partial charge in [0, 0.05) is 0 Å². The zero-order chi connectivity index (χ0) is 15.3. The number of carbonyl (C=O) groups is 2. The van der Waals surface area contributed by atoms with Crippen molar-refractivity contribution in [3.8, 4) is 0 Å². The van der Waals surface area contributed by atoms with Crippen LogP contribution < -0.4 is 0 Å². The predicted molar refractivity (Wildman–Crippen MR) is 69.5 cm³/mol. The summed E-state index contributed by atoms with van der Waals surface area (Å²) in [5, 5.41) is 0. The monoisotopic (exact) mass is 296 g/mol. The lowest BCUT2D eigenvalue weighted by atomic mass is 10.0. The van der Waals surface area contributed by atoms with Crippen LogP contribution in [-0.4, -0.2) is 61.8 Å². The van der Waals surface area contributed by atoms with E-state index in [1.54, 1.807) is 0 Å². The molecular formula is C11H23NO6P+. The first-order valence-electron chi connectivity index (χ1n) is 5.88. The molecule has 0 fully saturated rings. The van der Waals surface area contributed by atoms with Crippen molar-refractivity contribution in [3.05, 3.63) is 0 Å². The van der Waals surface area contributed by atoms with Crippen molar-refractivity contribution < 1.29 is 32.6 Å². The Hall–Kier alpha value is -0.590. The Bertz CT molecular complexity index is 362. The van der Waals surface area contributed by atoms with Crippen LogP contribution in [0.15, 0.2) is 0 Å². The molecule has 0 saturated heterocycles. The molecule has 0 aliphatic heterocycles. The van der Waals surface area contributed by atoms with Gasteiger partial charge in [0.05, 0.1) is 33.7 Å². The lowest BCUT2D eigenvalue weighted by molar-refractivity contribution is -0.870. The van der Waals surface area contributed by atoms with Crippen LogP contribution in [0.25, 0.3) is 0 Å². The molecule has 0 aromatic rings. The van der Waals surface area contributed by atoms with E-state index in [2.05, 4.69) is 4.52 Å². The van der Waals surface area contributed by atoms with E-state index in [1.807, 2.05) is 21.1 Å². The van der Waals surface area contributed by atoms with Crippen molar-refractivity contribution in [2.75, 3.05) is 40.9 Å². The molecule has 0 heterocycles. The molecule has 0 aromatic carbocycles. The zero-order valence-electron chi connectivity index (χ0n) is 12.1. The van der Waals surface area contributed by atoms with Gasteiger partial charge in [-0.05, 0) is 13.8 Å². The minimum Gasteiger partial charge on any atom is -0.329 e. The summed E-state index contributed by atoms with van der Waals surface area (Å²) in [6.07, 6.45) is 0. The van der Waals surface area contributed by atoms with Crippen LogP contribution in [0.2, 0.25) is 0 Å². The number of carbonyl (C=O) groups excluding carboxylic acids is 2. The number of phosphoric acid groups is 1. The second-order valence-corrected chi connectivity index (χ2v) is 6.84. The van der Waals surface area contributed by atoms with Crippen molar-refractivity contribution in [3.63, 3.8) is 0 Å². The first-order valence-corrected chi connectivity index (χ1v) is 7.37. The summed E-state index contributed by atoms with van der Waals surface area (Å²) in [6, 6.07) is 0. The fraction of sp³-hybridized carbons (Fsp3) is 0.818. The van der Waals surface area contributed by atoms with E-state index in [0.717, 1.165) is 0 Å². The van der Waals surface area contributed by atoms with Gasteiger partial charge < -0.3 is 9.38 Å². The van der Waals surface area contributed by atoms with Gasteiger partial charge in [0.15, 0.2) is 0 Å². The second kappa shape index (κ2) is 7.26. The van der Waals surface area contributed by atoms with Gasteiger partial charge >= 0.3 is 7.82 Å². The molecule has 0 rings (SSSR count). The third-order valence-corrected chi connectivity index (χ3v) is 3.39. The maximum Gasteiger partial charge on any atom is 0.472 e. The molecule has 1 N–H and O–H groups in total. The maximum absolute atomic E-state index is 11.5. The minimum absolute atomic E-state index is 0.0437. The summed E-state index contributed by atoms with van der Waals surface area (Å²) in [7, 11) is 1.51. The number of nitrogens with zero attached hydrogens (tertiary/aromatic N) is 1. The fourth-order valence-electron chi connectivity index (χ4n) is 1.16. The smallest absolute Gasteiger partial charge is 0.329 e. The number of hydrogen-bond acceptors (Lipinski definition) is 5. The summed E-state index contributed by atoms with van der Waals surface area (Å²) in [4.78, 5) is 31.7. The van der Waals surface area contributed by atoms with E-state index in [0.29, 0.717) is 11.0 Å². The Kier molecular flexibility index (Phi) is 7.04. The van der Waals surface area contributed by atoms with Crippen LogP contribution in [0, 0.1) is 5.92 Å². The molecule has 0 aliphatic carbocycles. The van der Waals surface area contributed by atoms with Crippen molar-refractivity contribution >= 4 is 19.4 Å². The summed E-state index contributed by atoms with van der Waals surface area (Å²) in [6.45, 7) is 2.59. The standard InChI is InChI=1S/C11H22NO6P/c1-9(13)11(10(2)14)8-18-19(15,16)17-7-6-12(3,4)5/h11H,6-8H2,1-5H3/p+1. The number of phosphoric ester groups is 1. The maximum atomic E-state index is 11.5. The van der Waals surface area contributed by atoms with Crippen molar-refractivity contribution in [2.24, 2.45) is 5.92 Å². The topological polar surface area (TPSA) is 89.9 Å². The largest absolute Gasteiger partial charge is 0.472 e. The van der Waals surface area contributed by atoms with E-state index >= 15 is 0 Å². The van der Waals surface area contributed by atoms with E-state index < -0.39 is 31.9 Å². The Morgan fingerprint density at radius 2 is 1.63 bits per heavy atom. The van der Waals surface area contributed by atoms with Gasteiger partial charge in [0.25, 0.3) is 0 Å². The molecule has 0 radical (unpaired) electrons. The highest BCUT2D eigenvalue weighted by Crippen LogP contribution is 2.43. The number of hydrogen-bond donors (Lipinski definition) is 1. The molecule has 19 heavy (non-hydrogen) atoms. The highest BCUT2D eigenvalue weighted by atomic mass is 31.2. The molecule has 1 unspecified atom stereocenters. The Morgan fingerprint density at radius 1 is 1.16 bits per heavy atom. The molecule has 0 aromatic heterocycles. The quantitative estimate of drug-likeness (QED) is 0.381. The van der Waals surface area contributed by atoms with E-state index in [4.69, 9.17) is 4.52 Å². The summed E-state index contributed by atoms with van der Waals surface area (Å²) < 4.78 is 21.5. The SMILES string of the molecule is CC(=O)C(COP(=O)(O)OCC[N+](C)(C)C)C(C)=O. The lowest BCUT2D eigenvalue weighted by Gasteiger charge is -2.24. The fourth-order valence-corrected chi connectivity index (χ4v) is 1.88. The van der Waals surface area contributed by atoms with E-state index in [9.17, 15) is 19.0 Å². The molecular weight excluding hydrogens is 273 g/mol. The molecule has 0 aliphatic rings. The number of quaternary nitrogens is 1. The van der Waals surface area contributed by atoms with E-state index in [-0.39, 0.29) is 6.61 Å². The highest BCUT2D eigenvalue weighted by Gasteiger charge is 2.27. The van der Waals surface area contributed by atoms with Gasteiger partial charge in [0.1, 0.15) is 24.7 Å². The first kappa shape index (κ1) is 18.4. The highest BCUT2D eigenvalue weighted by molar-refractivity contribution is 7.47. The Balaban J connectivity index is 4.26. The molecule has 112 valence electrons. The van der Waals surface area contributed by atoms with Crippen LogP contribution in [0.3, 0.4) is 0 Å². The lowest BCUT2D eigenvalue weighted by Crippen LogP contribution is -2.37. The number of ketones is 2. The van der Waals surface area contributed by atoms with Gasteiger partial charge in [-0.1, -0.05) is 0 Å². The van der Waals surface area contributed by atoms with Gasteiger partial charge in [-0.3, -0.25) is 18.6 Å². The molecule has 0 amide bonds. The molecule has 0 saturated carbocycles. The minimum atomic E-state index is -4.23. The average Bonchev–Trinajstić information content (AvgIpc) is 2.13. The predicted octanol–water partition coefficient (Wildman–Crippen LogP) is 0.620. The van der Waals surface area contributed by atoms with Crippen LogP contribution >= 0.6 is 7.82 Å². The third kappa shape index (κ3) is 9.02. The summed E-state index contributed by atoms with van der Waals surface area (Å²) in [5.74, 6) is -1.83. The van der Waals surface area contributed by atoms with Gasteiger partial charge in [-0.15, -0.1) is 0 Å². The molecule has 0 bridgehead atoms. The molecule has 0 spiro atoms. The number of likely N-dealkylation sites (N-methyl/N-ethyl adjacent to an activating group) is 1. The summed E-state index contributed by atoms with van der Waals surface area (Å²) >= 11 is 0. The van der Waals surface area contributed by atoms with E-state index in [1.165, 1.54) is 13.8 Å². The Labute approximate surface area is 113 Å². The van der Waals surface area contributed by atoms with Crippen LogP contribution in [0.1, 0.15) is 13.8 Å². The van der Waals surface area contributed by atoms with Crippen molar-refractivity contribution in [1.29, 1.82) is 0 Å². The normalized spacial score (nSPS) is 15.3. The summed E-state index contributed by atoms with van der Waals surface area (Å²) in [5.41, 5.74) is 0. The van der Waals surface area contributed by atoms with Crippen LogP contribution in [-0.2, 0) is 23.2 Å². The van der Waals surface area contributed by atoms with Crippen molar-refractivity contribution in [1.82, 2.24) is 0 Å². The zero-order valence-corrected chi connectivity index (χ0v) is 13.0. The van der Waals surface area contributed by atoms with Gasteiger partial charge in [-0.2, -0.15) is 0 Å². The second-order valence-electron chi connectivity index (χ2n) is 5.39. The number of Topliss-reactive ketones (excluding diaryl/α,β-unsaturated/α-hetero) is 2. The van der Waals surface area contributed by atoms with Crippen LogP contribution in [0.4, 0.5) is 0 Å². The van der Waals surface area contributed by atoms with Gasteiger partial charge in [-0.25, -0.2) is 4.57 Å². The molecule has 8 heteroatoms. The molecule has 1 atom stereocenters. The van der Waals surface area contributed by atoms with Crippen molar-refractivity contribution in [2.45, 2.75) is 13.8 Å². The third-order valence-electron chi connectivity index (χ3n) is 2.40. The average molecular weight is 296 g/mol. The molecule has 7 nitrogen and oxygen atoms in total. The number of rotatable bonds is 9. The first-order chi connectivity index (χ1) is 8.44. The van der Waals surface area contributed by atoms with Crippen LogP contribution in [0.5, 0.6) is 0 Å².